The third kappa shape index (κ3) is 6.06. The van der Waals surface area contributed by atoms with Gasteiger partial charge in [-0.2, -0.15) is 0 Å². The number of benzene rings is 2. The second-order valence-electron chi connectivity index (χ2n) is 10.6. The first kappa shape index (κ1) is 25.1. The van der Waals surface area contributed by atoms with Gasteiger partial charge in [-0.25, -0.2) is 9.37 Å². The standard InChI is InChI=1S/C30H34FN5O/c1-30(2,31)21-35-17-15-34(16-18-35)19-22-3-7-24(8-4-22)26-11-13-33-29-27(26)12-14-36(29)20-23-5-9-25(10-6-23)28(32)37/h3-14H,15-21H2,1-2H3,(H2,32,37). The highest BCUT2D eigenvalue weighted by atomic mass is 19.1. The molecule has 1 saturated heterocycles. The molecule has 37 heavy (non-hydrogen) atoms. The zero-order valence-electron chi connectivity index (χ0n) is 21.5. The number of aromatic nitrogens is 2. The number of carbonyl (C=O) groups is 1. The van der Waals surface area contributed by atoms with Crippen molar-refractivity contribution in [1.82, 2.24) is 19.4 Å². The highest BCUT2D eigenvalue weighted by Crippen LogP contribution is 2.29. The average Bonchev–Trinajstić information content (AvgIpc) is 3.28. The minimum absolute atomic E-state index is 0.421. The molecule has 0 bridgehead atoms. The Labute approximate surface area is 217 Å². The third-order valence-electron chi connectivity index (χ3n) is 6.99. The molecule has 192 valence electrons. The fourth-order valence-corrected chi connectivity index (χ4v) is 5.13. The van der Waals surface area contributed by atoms with E-state index in [1.54, 1.807) is 26.0 Å². The number of primary amides is 1. The molecule has 0 saturated carbocycles. The lowest BCUT2D eigenvalue weighted by molar-refractivity contribution is 0.0732. The van der Waals surface area contributed by atoms with Crippen molar-refractivity contribution in [2.75, 3.05) is 32.7 Å². The van der Waals surface area contributed by atoms with Crippen LogP contribution in [0.5, 0.6) is 0 Å². The summed E-state index contributed by atoms with van der Waals surface area (Å²) in [7, 11) is 0. The number of piperazine rings is 1. The van der Waals surface area contributed by atoms with Gasteiger partial charge in [0.25, 0.3) is 0 Å². The normalized spacial score (nSPS) is 15.3. The van der Waals surface area contributed by atoms with Crippen molar-refractivity contribution in [3.8, 4) is 11.1 Å². The van der Waals surface area contributed by atoms with E-state index in [4.69, 9.17) is 5.73 Å². The molecule has 0 radical (unpaired) electrons. The van der Waals surface area contributed by atoms with Crippen molar-refractivity contribution in [2.45, 2.75) is 32.6 Å². The van der Waals surface area contributed by atoms with Crippen molar-refractivity contribution < 1.29 is 9.18 Å². The lowest BCUT2D eigenvalue weighted by Crippen LogP contribution is -2.49. The summed E-state index contributed by atoms with van der Waals surface area (Å²) in [6, 6.07) is 20.3. The van der Waals surface area contributed by atoms with Gasteiger partial charge < -0.3 is 10.3 Å². The highest BCUT2D eigenvalue weighted by molar-refractivity contribution is 5.93. The van der Waals surface area contributed by atoms with E-state index in [9.17, 15) is 9.18 Å². The maximum atomic E-state index is 14.0. The number of alkyl halides is 1. The van der Waals surface area contributed by atoms with Gasteiger partial charge in [0.15, 0.2) is 0 Å². The van der Waals surface area contributed by atoms with Crippen molar-refractivity contribution in [2.24, 2.45) is 5.73 Å². The predicted molar refractivity (Wildman–Crippen MR) is 146 cm³/mol. The lowest BCUT2D eigenvalue weighted by Gasteiger charge is -2.36. The molecular weight excluding hydrogens is 465 g/mol. The molecule has 2 N–H and O–H groups in total. The number of halogens is 1. The van der Waals surface area contributed by atoms with Crippen LogP contribution in [-0.4, -0.2) is 63.7 Å². The fourth-order valence-electron chi connectivity index (χ4n) is 5.13. The Balaban J connectivity index is 1.26. The van der Waals surface area contributed by atoms with Crippen LogP contribution in [0.4, 0.5) is 4.39 Å². The van der Waals surface area contributed by atoms with Gasteiger partial charge in [0, 0.05) is 69.2 Å². The second-order valence-corrected chi connectivity index (χ2v) is 10.6. The Hall–Kier alpha value is -3.55. The summed E-state index contributed by atoms with van der Waals surface area (Å²) < 4.78 is 16.1. The van der Waals surface area contributed by atoms with Gasteiger partial charge >= 0.3 is 0 Å². The zero-order valence-corrected chi connectivity index (χ0v) is 21.5. The number of carbonyl (C=O) groups excluding carboxylic acids is 1. The molecule has 1 amide bonds. The summed E-state index contributed by atoms with van der Waals surface area (Å²) in [6.07, 6.45) is 3.91. The predicted octanol–water partition coefficient (Wildman–Crippen LogP) is 4.72. The molecule has 0 atom stereocenters. The molecule has 1 aliphatic rings. The summed E-state index contributed by atoms with van der Waals surface area (Å²) in [4.78, 5) is 20.6. The third-order valence-corrected chi connectivity index (χ3v) is 6.99. The number of amides is 1. The Kier molecular flexibility index (Phi) is 7.09. The van der Waals surface area contributed by atoms with E-state index in [-0.39, 0.29) is 0 Å². The Morgan fingerprint density at radius 2 is 1.51 bits per heavy atom. The van der Waals surface area contributed by atoms with E-state index in [1.807, 2.05) is 18.3 Å². The van der Waals surface area contributed by atoms with Crippen LogP contribution < -0.4 is 5.73 Å². The molecular formula is C30H34FN5O. The SMILES string of the molecule is CC(C)(F)CN1CCN(Cc2ccc(-c3ccnc4c3ccn4Cc3ccc(C(N)=O)cc3)cc2)CC1. The van der Waals surface area contributed by atoms with Crippen molar-refractivity contribution in [3.63, 3.8) is 0 Å². The smallest absolute Gasteiger partial charge is 0.248 e. The Morgan fingerprint density at radius 3 is 2.16 bits per heavy atom. The van der Waals surface area contributed by atoms with Crippen LogP contribution in [0.2, 0.25) is 0 Å². The number of hydrogen-bond acceptors (Lipinski definition) is 4. The average molecular weight is 500 g/mol. The number of fused-ring (bicyclic) bond motifs is 1. The van der Waals surface area contributed by atoms with E-state index in [1.165, 1.54) is 5.56 Å². The minimum Gasteiger partial charge on any atom is -0.366 e. The lowest BCUT2D eigenvalue weighted by atomic mass is 10.0. The molecule has 2 aromatic heterocycles. The van der Waals surface area contributed by atoms with E-state index in [0.29, 0.717) is 18.7 Å². The summed E-state index contributed by atoms with van der Waals surface area (Å²) >= 11 is 0. The molecule has 0 aliphatic carbocycles. The van der Waals surface area contributed by atoms with Gasteiger partial charge in [-0.15, -0.1) is 0 Å². The van der Waals surface area contributed by atoms with Gasteiger partial charge in [-0.1, -0.05) is 36.4 Å². The number of nitrogens with two attached hydrogens (primary N) is 1. The van der Waals surface area contributed by atoms with Crippen molar-refractivity contribution in [1.29, 1.82) is 0 Å². The molecule has 5 rings (SSSR count). The highest BCUT2D eigenvalue weighted by Gasteiger charge is 2.24. The zero-order chi connectivity index (χ0) is 26.0. The minimum atomic E-state index is -1.14. The van der Waals surface area contributed by atoms with Gasteiger partial charge in [0.2, 0.25) is 5.91 Å². The van der Waals surface area contributed by atoms with Crippen molar-refractivity contribution in [3.05, 3.63) is 89.7 Å². The monoisotopic (exact) mass is 499 g/mol. The van der Waals surface area contributed by atoms with Crippen LogP contribution in [0, 0.1) is 0 Å². The Bertz CT molecular complexity index is 1360. The Morgan fingerprint density at radius 1 is 0.892 bits per heavy atom. The molecule has 0 spiro atoms. The van der Waals surface area contributed by atoms with Crippen LogP contribution in [0.15, 0.2) is 73.1 Å². The summed E-state index contributed by atoms with van der Waals surface area (Å²) in [6.45, 7) is 9.11. The van der Waals surface area contributed by atoms with Crippen LogP contribution >= 0.6 is 0 Å². The van der Waals surface area contributed by atoms with Gasteiger partial charge in [-0.05, 0) is 60.4 Å². The maximum Gasteiger partial charge on any atom is 0.248 e. The number of rotatable bonds is 8. The van der Waals surface area contributed by atoms with Gasteiger partial charge in [0.1, 0.15) is 11.3 Å². The summed E-state index contributed by atoms with van der Waals surface area (Å²) in [5.74, 6) is -0.421. The number of pyridine rings is 1. The first-order valence-electron chi connectivity index (χ1n) is 12.8. The summed E-state index contributed by atoms with van der Waals surface area (Å²) in [5.41, 5.74) is 10.3. The second kappa shape index (κ2) is 10.4. The van der Waals surface area contributed by atoms with E-state index in [2.05, 4.69) is 61.9 Å². The maximum absolute atomic E-state index is 14.0. The quantitative estimate of drug-likeness (QED) is 0.381. The topological polar surface area (TPSA) is 67.4 Å². The molecule has 3 heterocycles. The van der Waals surface area contributed by atoms with Crippen LogP contribution in [0.25, 0.3) is 22.2 Å². The van der Waals surface area contributed by atoms with Gasteiger partial charge in [0.05, 0.1) is 0 Å². The van der Waals surface area contributed by atoms with E-state index in [0.717, 1.165) is 60.4 Å². The molecule has 1 aliphatic heterocycles. The van der Waals surface area contributed by atoms with Crippen molar-refractivity contribution >= 4 is 16.9 Å². The first-order chi connectivity index (χ1) is 17.7. The number of nitrogens with zero attached hydrogens (tertiary/aromatic N) is 4. The van der Waals surface area contributed by atoms with E-state index >= 15 is 0 Å². The molecule has 2 aromatic carbocycles. The molecule has 6 nitrogen and oxygen atoms in total. The van der Waals surface area contributed by atoms with Crippen LogP contribution in [0.3, 0.4) is 0 Å². The fraction of sp³-hybridized carbons (Fsp3) is 0.333. The number of hydrogen-bond donors (Lipinski definition) is 1. The van der Waals surface area contributed by atoms with E-state index < -0.39 is 11.6 Å². The van der Waals surface area contributed by atoms with Crippen LogP contribution in [0.1, 0.15) is 35.3 Å². The first-order valence-corrected chi connectivity index (χ1v) is 12.8. The summed E-state index contributed by atoms with van der Waals surface area (Å²) in [5, 5.41) is 1.11. The largest absolute Gasteiger partial charge is 0.366 e. The molecule has 4 aromatic rings. The molecule has 1 fully saturated rings. The van der Waals surface area contributed by atoms with Crippen LogP contribution in [-0.2, 0) is 13.1 Å². The molecule has 0 unspecified atom stereocenters. The molecule has 7 heteroatoms. The van der Waals surface area contributed by atoms with Gasteiger partial charge in [-0.3, -0.25) is 14.6 Å².